The van der Waals surface area contributed by atoms with Crippen LogP contribution in [0.2, 0.25) is 0 Å². The van der Waals surface area contributed by atoms with Crippen molar-refractivity contribution in [2.75, 3.05) is 6.54 Å². The fourth-order valence-electron chi connectivity index (χ4n) is 4.20. The Bertz CT molecular complexity index is 544. The molecular formula is C19H29ClN2O. The zero-order valence-electron chi connectivity index (χ0n) is 14.0. The second-order valence-corrected chi connectivity index (χ2v) is 7.34. The number of halogens is 1. The van der Waals surface area contributed by atoms with Crippen LogP contribution < -0.4 is 11.1 Å². The van der Waals surface area contributed by atoms with E-state index in [1.54, 1.807) is 0 Å². The predicted octanol–water partition coefficient (Wildman–Crippen LogP) is 3.55. The van der Waals surface area contributed by atoms with Crippen LogP contribution >= 0.6 is 12.4 Å². The second kappa shape index (κ2) is 7.67. The highest BCUT2D eigenvalue weighted by atomic mass is 35.5. The van der Waals surface area contributed by atoms with Crippen molar-refractivity contribution >= 4 is 18.3 Å². The number of hydrogen-bond donors (Lipinski definition) is 2. The van der Waals surface area contributed by atoms with Crippen molar-refractivity contribution in [3.63, 3.8) is 0 Å². The number of nitrogens with one attached hydrogen (secondary N) is 1. The third-order valence-electron chi connectivity index (χ3n) is 5.59. The summed E-state index contributed by atoms with van der Waals surface area (Å²) in [6.45, 7) is 2.79. The molecule has 0 radical (unpaired) electrons. The molecule has 0 saturated heterocycles. The highest BCUT2D eigenvalue weighted by molar-refractivity contribution is 5.85. The van der Waals surface area contributed by atoms with Crippen LogP contribution in [0.4, 0.5) is 0 Å². The number of rotatable bonds is 3. The summed E-state index contributed by atoms with van der Waals surface area (Å²) in [5.41, 5.74) is 8.88. The molecule has 0 aromatic heterocycles. The fourth-order valence-corrected chi connectivity index (χ4v) is 4.20. The van der Waals surface area contributed by atoms with E-state index in [2.05, 4.69) is 29.6 Å². The quantitative estimate of drug-likeness (QED) is 0.886. The summed E-state index contributed by atoms with van der Waals surface area (Å²) in [5.74, 6) is 0.592. The van der Waals surface area contributed by atoms with Crippen LogP contribution in [-0.2, 0) is 11.2 Å². The molecule has 3 atom stereocenters. The van der Waals surface area contributed by atoms with Crippen LogP contribution in [0, 0.1) is 5.92 Å². The maximum atomic E-state index is 12.6. The van der Waals surface area contributed by atoms with E-state index in [9.17, 15) is 4.79 Å². The van der Waals surface area contributed by atoms with Gasteiger partial charge in [0.15, 0.2) is 0 Å². The van der Waals surface area contributed by atoms with Crippen molar-refractivity contribution in [1.29, 1.82) is 0 Å². The van der Waals surface area contributed by atoms with Gasteiger partial charge in [-0.2, -0.15) is 0 Å². The summed E-state index contributed by atoms with van der Waals surface area (Å²) >= 11 is 0. The average molecular weight is 337 g/mol. The number of benzene rings is 1. The van der Waals surface area contributed by atoms with Crippen molar-refractivity contribution < 1.29 is 4.79 Å². The Morgan fingerprint density at radius 1 is 1.26 bits per heavy atom. The van der Waals surface area contributed by atoms with Crippen LogP contribution in [0.25, 0.3) is 0 Å². The molecule has 1 aromatic rings. The topological polar surface area (TPSA) is 55.1 Å². The molecule has 3 nitrogen and oxygen atoms in total. The van der Waals surface area contributed by atoms with Gasteiger partial charge in [0.25, 0.3) is 0 Å². The number of hydrogen-bond acceptors (Lipinski definition) is 2. The molecule has 0 bridgehead atoms. The molecule has 2 aliphatic rings. The molecule has 0 aliphatic heterocycles. The average Bonchev–Trinajstić information content (AvgIpc) is 2.52. The summed E-state index contributed by atoms with van der Waals surface area (Å²) in [6, 6.07) is 8.67. The number of amides is 1. The van der Waals surface area contributed by atoms with Crippen LogP contribution in [0.5, 0.6) is 0 Å². The maximum Gasteiger partial charge on any atom is 0.224 e. The molecule has 1 saturated carbocycles. The van der Waals surface area contributed by atoms with Gasteiger partial charge in [-0.3, -0.25) is 4.79 Å². The van der Waals surface area contributed by atoms with E-state index in [4.69, 9.17) is 5.73 Å². The molecule has 1 fully saturated rings. The van der Waals surface area contributed by atoms with E-state index in [1.165, 1.54) is 30.4 Å². The number of carbonyl (C=O) groups excluding carboxylic acids is 1. The van der Waals surface area contributed by atoms with Gasteiger partial charge < -0.3 is 11.1 Å². The Morgan fingerprint density at radius 2 is 2.04 bits per heavy atom. The highest BCUT2D eigenvalue weighted by Crippen LogP contribution is 2.33. The van der Waals surface area contributed by atoms with E-state index in [0.717, 1.165) is 32.2 Å². The van der Waals surface area contributed by atoms with Crippen molar-refractivity contribution in [1.82, 2.24) is 5.32 Å². The molecular weight excluding hydrogens is 308 g/mol. The lowest BCUT2D eigenvalue weighted by atomic mass is 9.74. The standard InChI is InChI=1S/C19H28N2O.ClH/c1-19(20)12-5-4-11-17(19)18(22)21-13-15-9-6-8-14-7-2-3-10-16(14)15;/h2-3,7,10,15,17H,4-6,8-9,11-13,20H2,1H3,(H,21,22);1H. The predicted molar refractivity (Wildman–Crippen MR) is 96.9 cm³/mol. The van der Waals surface area contributed by atoms with Crippen LogP contribution in [0.3, 0.4) is 0 Å². The summed E-state index contributed by atoms with van der Waals surface area (Å²) in [4.78, 5) is 12.6. The van der Waals surface area contributed by atoms with Crippen molar-refractivity contribution in [3.8, 4) is 0 Å². The first-order valence-corrected chi connectivity index (χ1v) is 8.72. The Hall–Kier alpha value is -1.06. The Labute approximate surface area is 145 Å². The first kappa shape index (κ1) is 18.3. The highest BCUT2D eigenvalue weighted by Gasteiger charge is 2.37. The monoisotopic (exact) mass is 336 g/mol. The third-order valence-corrected chi connectivity index (χ3v) is 5.59. The van der Waals surface area contributed by atoms with E-state index in [-0.39, 0.29) is 29.8 Å². The second-order valence-electron chi connectivity index (χ2n) is 7.34. The first-order chi connectivity index (χ1) is 10.6. The van der Waals surface area contributed by atoms with Crippen molar-refractivity contribution in [3.05, 3.63) is 35.4 Å². The van der Waals surface area contributed by atoms with E-state index in [1.807, 2.05) is 6.92 Å². The summed E-state index contributed by atoms with van der Waals surface area (Å²) in [7, 11) is 0. The molecule has 0 heterocycles. The van der Waals surface area contributed by atoms with Crippen molar-refractivity contribution in [2.45, 2.75) is 63.3 Å². The minimum atomic E-state index is -0.340. The molecule has 3 rings (SSSR count). The number of aryl methyl sites for hydroxylation is 1. The maximum absolute atomic E-state index is 12.6. The number of fused-ring (bicyclic) bond motifs is 1. The van der Waals surface area contributed by atoms with Crippen LogP contribution in [0.15, 0.2) is 24.3 Å². The van der Waals surface area contributed by atoms with Crippen LogP contribution in [-0.4, -0.2) is 18.0 Å². The third kappa shape index (κ3) is 4.07. The molecule has 1 amide bonds. The summed E-state index contributed by atoms with van der Waals surface area (Å²) in [5, 5.41) is 3.20. The number of nitrogens with two attached hydrogens (primary N) is 1. The Morgan fingerprint density at radius 3 is 2.83 bits per heavy atom. The smallest absolute Gasteiger partial charge is 0.224 e. The zero-order chi connectivity index (χ0) is 15.6. The van der Waals surface area contributed by atoms with Gasteiger partial charge in [-0.25, -0.2) is 0 Å². The van der Waals surface area contributed by atoms with Crippen molar-refractivity contribution in [2.24, 2.45) is 11.7 Å². The van der Waals surface area contributed by atoms with Gasteiger partial charge >= 0.3 is 0 Å². The fraction of sp³-hybridized carbons (Fsp3) is 0.632. The molecule has 3 N–H and O–H groups in total. The molecule has 128 valence electrons. The lowest BCUT2D eigenvalue weighted by Crippen LogP contribution is -2.53. The van der Waals surface area contributed by atoms with Gasteiger partial charge in [0.2, 0.25) is 5.91 Å². The molecule has 4 heteroatoms. The van der Waals surface area contributed by atoms with E-state index >= 15 is 0 Å². The molecule has 1 aromatic carbocycles. The normalized spacial score (nSPS) is 30.0. The Kier molecular flexibility index (Phi) is 6.10. The largest absolute Gasteiger partial charge is 0.355 e. The van der Waals surface area contributed by atoms with E-state index in [0.29, 0.717) is 5.92 Å². The number of carbonyl (C=O) groups is 1. The van der Waals surface area contributed by atoms with Gasteiger partial charge in [0.1, 0.15) is 0 Å². The van der Waals surface area contributed by atoms with Gasteiger partial charge in [0.05, 0.1) is 5.92 Å². The Balaban J connectivity index is 0.00000192. The first-order valence-electron chi connectivity index (χ1n) is 8.72. The minimum absolute atomic E-state index is 0. The molecule has 3 unspecified atom stereocenters. The lowest BCUT2D eigenvalue weighted by Gasteiger charge is -2.37. The zero-order valence-corrected chi connectivity index (χ0v) is 14.8. The van der Waals surface area contributed by atoms with Gasteiger partial charge in [-0.05, 0) is 50.2 Å². The lowest BCUT2D eigenvalue weighted by molar-refractivity contribution is -0.128. The van der Waals surface area contributed by atoms with Gasteiger partial charge in [0, 0.05) is 18.0 Å². The molecule has 23 heavy (non-hydrogen) atoms. The minimum Gasteiger partial charge on any atom is -0.355 e. The van der Waals surface area contributed by atoms with E-state index < -0.39 is 0 Å². The molecule has 2 aliphatic carbocycles. The molecule has 0 spiro atoms. The summed E-state index contributed by atoms with van der Waals surface area (Å²) in [6.07, 6.45) is 7.71. The van der Waals surface area contributed by atoms with Gasteiger partial charge in [-0.15, -0.1) is 12.4 Å². The van der Waals surface area contributed by atoms with Crippen LogP contribution in [0.1, 0.15) is 62.5 Å². The summed E-state index contributed by atoms with van der Waals surface area (Å²) < 4.78 is 0. The van der Waals surface area contributed by atoms with Gasteiger partial charge in [-0.1, -0.05) is 37.1 Å². The SMILES string of the molecule is CC1(N)CCCCC1C(=O)NCC1CCCc2ccccc21.Cl.